The summed E-state index contributed by atoms with van der Waals surface area (Å²) in [6.07, 6.45) is 0. The van der Waals surface area contributed by atoms with Crippen LogP contribution in [0.4, 0.5) is 10.5 Å². The average molecular weight is 419 g/mol. The van der Waals surface area contributed by atoms with Crippen molar-refractivity contribution < 1.29 is 19.1 Å². The first-order valence-corrected chi connectivity index (χ1v) is 10.0. The Morgan fingerprint density at radius 2 is 1.94 bits per heavy atom. The zero-order chi connectivity index (χ0) is 21.4. The first-order valence-electron chi connectivity index (χ1n) is 10.0. The maximum Gasteiger partial charge on any atom is 0.333 e. The number of carbonyl (C=O) groups excluding carboxylic acids is 2. The number of morpholine rings is 1. The number of amides is 2. The van der Waals surface area contributed by atoms with Crippen LogP contribution in [0.15, 0.2) is 58.3 Å². The van der Waals surface area contributed by atoms with Gasteiger partial charge in [-0.3, -0.25) is 10.2 Å². The number of anilines is 1. The van der Waals surface area contributed by atoms with Crippen molar-refractivity contribution in [2.24, 2.45) is 10.2 Å². The van der Waals surface area contributed by atoms with Gasteiger partial charge in [0.15, 0.2) is 5.78 Å². The third-order valence-corrected chi connectivity index (χ3v) is 5.55. The van der Waals surface area contributed by atoms with E-state index < -0.39 is 12.1 Å². The first-order chi connectivity index (χ1) is 15.2. The van der Waals surface area contributed by atoms with Gasteiger partial charge in [0, 0.05) is 18.7 Å². The van der Waals surface area contributed by atoms with E-state index in [1.54, 1.807) is 24.3 Å². The lowest BCUT2D eigenvalue weighted by atomic mass is 10.0. The van der Waals surface area contributed by atoms with Gasteiger partial charge in [-0.05, 0) is 35.9 Å². The summed E-state index contributed by atoms with van der Waals surface area (Å²) in [5.41, 5.74) is 6.34. The monoisotopic (exact) mass is 419 g/mol. The third kappa shape index (κ3) is 3.47. The maximum absolute atomic E-state index is 13.4. The Bertz CT molecular complexity index is 1100. The average Bonchev–Trinajstić information content (AvgIpc) is 3.35. The number of hydrogen-bond acceptors (Lipinski definition) is 7. The number of ether oxygens (including phenoxy) is 2. The summed E-state index contributed by atoms with van der Waals surface area (Å²) in [7, 11) is 1.60. The van der Waals surface area contributed by atoms with Crippen LogP contribution in [0.3, 0.4) is 0 Å². The minimum atomic E-state index is -0.455. The third-order valence-electron chi connectivity index (χ3n) is 5.55. The van der Waals surface area contributed by atoms with Crippen LogP contribution in [-0.4, -0.2) is 50.2 Å². The first kappa shape index (κ1) is 19.4. The Balaban J connectivity index is 1.42. The maximum atomic E-state index is 13.4. The number of rotatable bonds is 4. The predicted molar refractivity (Wildman–Crippen MR) is 113 cm³/mol. The highest BCUT2D eigenvalue weighted by atomic mass is 16.5. The Morgan fingerprint density at radius 3 is 2.68 bits per heavy atom. The normalized spacial score (nSPS) is 19.9. The lowest BCUT2D eigenvalue weighted by molar-refractivity contribution is 0.0207. The molecule has 1 atom stereocenters. The number of fused-ring (bicyclic) bond motifs is 3. The molecular weight excluding hydrogens is 398 g/mol. The molecule has 2 aromatic carbocycles. The predicted octanol–water partition coefficient (Wildman–Crippen LogP) is 3.18. The molecule has 5 rings (SSSR count). The minimum absolute atomic E-state index is 0.168. The number of carbonyl (C=O) groups is 2. The van der Waals surface area contributed by atoms with Gasteiger partial charge in [0.05, 0.1) is 37.1 Å². The van der Waals surface area contributed by atoms with Crippen LogP contribution in [0, 0.1) is 0 Å². The second-order valence-corrected chi connectivity index (χ2v) is 7.37. The summed E-state index contributed by atoms with van der Waals surface area (Å²) < 4.78 is 10.5. The highest BCUT2D eigenvalue weighted by molar-refractivity contribution is 6.22. The molecule has 0 radical (unpaired) electrons. The molecule has 2 aliphatic heterocycles. The molecule has 2 heterocycles. The highest BCUT2D eigenvalue weighted by Gasteiger charge is 2.42. The van der Waals surface area contributed by atoms with Gasteiger partial charge in [0.25, 0.3) is 0 Å². The van der Waals surface area contributed by atoms with Crippen LogP contribution < -0.4 is 15.5 Å². The van der Waals surface area contributed by atoms with Crippen molar-refractivity contribution in [1.29, 1.82) is 0 Å². The number of benzene rings is 2. The number of ketones is 1. The van der Waals surface area contributed by atoms with Crippen molar-refractivity contribution in [2.75, 3.05) is 38.7 Å². The molecule has 1 saturated heterocycles. The molecule has 2 amide bonds. The molecule has 0 saturated carbocycles. The molecule has 0 aromatic heterocycles. The zero-order valence-corrected chi connectivity index (χ0v) is 16.9. The Kier molecular flexibility index (Phi) is 4.97. The number of Topliss-reactive ketones (excluding diaryl/α,β-unsaturated/α-hetero) is 1. The molecule has 9 heteroatoms. The van der Waals surface area contributed by atoms with Crippen molar-refractivity contribution in [3.63, 3.8) is 0 Å². The number of hydrazine groups is 1. The smallest absolute Gasteiger partial charge is 0.333 e. The lowest BCUT2D eigenvalue weighted by Gasteiger charge is -2.27. The summed E-state index contributed by atoms with van der Waals surface area (Å²) in [4.78, 5) is 25.9. The second kappa shape index (κ2) is 7.93. The van der Waals surface area contributed by atoms with Crippen LogP contribution in [-0.2, 0) is 4.74 Å². The largest absolute Gasteiger partial charge is 0.497 e. The fourth-order valence-electron chi connectivity index (χ4n) is 4.03. The number of hydrogen-bond donors (Lipinski definition) is 2. The van der Waals surface area contributed by atoms with E-state index in [2.05, 4.69) is 21.0 Å². The molecule has 9 nitrogen and oxygen atoms in total. The van der Waals surface area contributed by atoms with E-state index in [-0.39, 0.29) is 5.78 Å². The molecule has 158 valence electrons. The van der Waals surface area contributed by atoms with Crippen molar-refractivity contribution >= 4 is 23.2 Å². The highest BCUT2D eigenvalue weighted by Crippen LogP contribution is 2.48. The molecule has 2 N–H and O–H groups in total. The molecule has 0 bridgehead atoms. The second-order valence-electron chi connectivity index (χ2n) is 7.37. The molecule has 3 aliphatic rings. The van der Waals surface area contributed by atoms with Crippen molar-refractivity contribution in [2.45, 2.75) is 6.04 Å². The molecule has 2 aromatic rings. The van der Waals surface area contributed by atoms with Gasteiger partial charge >= 0.3 is 6.03 Å². The van der Waals surface area contributed by atoms with Crippen LogP contribution >= 0.6 is 0 Å². The van der Waals surface area contributed by atoms with Crippen molar-refractivity contribution in [1.82, 2.24) is 10.4 Å². The number of azo groups is 1. The molecule has 1 fully saturated rings. The number of nitrogens with zero attached hydrogens (tertiary/aromatic N) is 3. The quantitative estimate of drug-likeness (QED) is 0.792. The van der Waals surface area contributed by atoms with E-state index >= 15 is 0 Å². The van der Waals surface area contributed by atoms with Gasteiger partial charge in [0.1, 0.15) is 17.5 Å². The minimum Gasteiger partial charge on any atom is -0.497 e. The number of methoxy groups -OCH3 is 1. The number of nitrogens with one attached hydrogen (secondary N) is 2. The zero-order valence-electron chi connectivity index (χ0n) is 16.9. The molecule has 1 unspecified atom stereocenters. The van der Waals surface area contributed by atoms with E-state index in [9.17, 15) is 9.59 Å². The Labute approximate surface area is 178 Å². The van der Waals surface area contributed by atoms with Crippen LogP contribution in [0.5, 0.6) is 5.75 Å². The molecule has 1 aliphatic carbocycles. The summed E-state index contributed by atoms with van der Waals surface area (Å²) in [5.74, 6) is 0.553. The standard InChI is InChI=1S/C22H21N5O4/c1-30-14-7-5-13(6-8-14)19-18-20(25-24-19)15-3-2-4-16(17(15)21(18)28)23-22(29)26-27-9-11-31-12-10-27/h2-8,20H,9-12H2,1H3,(H2,23,26,29). The van der Waals surface area contributed by atoms with Gasteiger partial charge in [-0.2, -0.15) is 10.2 Å². The fraction of sp³-hybridized carbons (Fsp3) is 0.273. The van der Waals surface area contributed by atoms with E-state index in [0.717, 1.165) is 16.9 Å². The summed E-state index contributed by atoms with van der Waals surface area (Å²) in [6.45, 7) is 2.35. The van der Waals surface area contributed by atoms with Crippen molar-refractivity contribution in [3.8, 4) is 5.75 Å². The lowest BCUT2D eigenvalue weighted by Crippen LogP contribution is -2.49. The van der Waals surface area contributed by atoms with Gasteiger partial charge in [0.2, 0.25) is 0 Å². The molecule has 0 spiro atoms. The summed E-state index contributed by atoms with van der Waals surface area (Å²) in [6, 6.07) is 11.9. The van der Waals surface area contributed by atoms with E-state index in [1.807, 2.05) is 30.3 Å². The summed E-state index contributed by atoms with van der Waals surface area (Å²) in [5, 5.41) is 13.2. The van der Waals surface area contributed by atoms with Gasteiger partial charge in [-0.25, -0.2) is 9.80 Å². The van der Waals surface area contributed by atoms with E-state index in [1.165, 1.54) is 0 Å². The van der Waals surface area contributed by atoms with Gasteiger partial charge < -0.3 is 14.8 Å². The van der Waals surface area contributed by atoms with Crippen LogP contribution in [0.1, 0.15) is 27.5 Å². The Morgan fingerprint density at radius 1 is 1.16 bits per heavy atom. The van der Waals surface area contributed by atoms with E-state index in [4.69, 9.17) is 9.47 Å². The van der Waals surface area contributed by atoms with Crippen molar-refractivity contribution in [3.05, 3.63) is 64.7 Å². The fourth-order valence-corrected chi connectivity index (χ4v) is 4.03. The SMILES string of the molecule is COc1ccc(C2=C3C(=O)c4c(NC(=O)NN5CCOCC5)cccc4C3N=N2)cc1. The molecular formula is C22H21N5O4. The molecule has 31 heavy (non-hydrogen) atoms. The van der Waals surface area contributed by atoms with Gasteiger partial charge in [-0.1, -0.05) is 12.1 Å². The van der Waals surface area contributed by atoms with Crippen LogP contribution in [0.25, 0.3) is 5.70 Å². The van der Waals surface area contributed by atoms with E-state index in [0.29, 0.717) is 48.8 Å². The summed E-state index contributed by atoms with van der Waals surface area (Å²) >= 11 is 0. The van der Waals surface area contributed by atoms with Crippen LogP contribution in [0.2, 0.25) is 0 Å². The Hall–Kier alpha value is -3.56. The van der Waals surface area contributed by atoms with Gasteiger partial charge in [-0.15, -0.1) is 0 Å². The number of urea groups is 1. The topological polar surface area (TPSA) is 105 Å².